The Morgan fingerprint density at radius 2 is 2.00 bits per heavy atom. The third kappa shape index (κ3) is 3.13. The minimum Gasteiger partial charge on any atom is -0.442 e. The van der Waals surface area contributed by atoms with Crippen LogP contribution in [-0.4, -0.2) is 55.0 Å². The molecule has 4 atom stereocenters. The topological polar surface area (TPSA) is 102 Å². The maximum absolute atomic E-state index is 12.2. The van der Waals surface area contributed by atoms with Crippen molar-refractivity contribution in [2.24, 2.45) is 16.8 Å². The summed E-state index contributed by atoms with van der Waals surface area (Å²) in [5.41, 5.74) is 1.12. The highest BCUT2D eigenvalue weighted by atomic mass is 16.6. The van der Waals surface area contributed by atoms with Gasteiger partial charge in [-0.25, -0.2) is 11.4 Å². The second-order valence-corrected chi connectivity index (χ2v) is 7.91. The van der Waals surface area contributed by atoms with E-state index in [1.165, 1.54) is 11.8 Å². The fraction of sp³-hybridized carbons (Fsp3) is 0.476. The number of hydrogen-bond acceptors (Lipinski definition) is 5. The summed E-state index contributed by atoms with van der Waals surface area (Å²) in [7, 11) is 0. The molecular weight excluding hydrogens is 384 g/mol. The number of nitrogens with zero attached hydrogens (tertiary/aromatic N) is 5. The lowest BCUT2D eigenvalue weighted by Crippen LogP contribution is -2.33. The molecule has 2 aliphatic heterocycles. The van der Waals surface area contributed by atoms with Gasteiger partial charge in [0.2, 0.25) is 12.1 Å². The number of amidine groups is 1. The number of amides is 2. The molecule has 1 unspecified atom stereocenters. The number of benzene rings is 1. The number of piperidine rings is 1. The zero-order valence-corrected chi connectivity index (χ0v) is 16.8. The van der Waals surface area contributed by atoms with E-state index in [2.05, 4.69) is 20.1 Å². The highest BCUT2D eigenvalue weighted by Crippen LogP contribution is 2.64. The van der Waals surface area contributed by atoms with Crippen LogP contribution in [0.15, 0.2) is 29.3 Å². The number of carbonyl (C=O) groups is 2. The van der Waals surface area contributed by atoms with Crippen LogP contribution >= 0.6 is 0 Å². The van der Waals surface area contributed by atoms with E-state index in [4.69, 9.17) is 16.6 Å². The Morgan fingerprint density at radius 1 is 1.33 bits per heavy atom. The molecule has 2 heterocycles. The van der Waals surface area contributed by atoms with Gasteiger partial charge < -0.3 is 19.8 Å². The van der Waals surface area contributed by atoms with Crippen molar-refractivity contribution in [1.29, 1.82) is 5.26 Å². The van der Waals surface area contributed by atoms with E-state index in [9.17, 15) is 9.59 Å². The van der Waals surface area contributed by atoms with Crippen molar-refractivity contribution in [2.75, 3.05) is 31.1 Å². The summed E-state index contributed by atoms with van der Waals surface area (Å²) in [6, 6.07) is 7.53. The van der Waals surface area contributed by atoms with Gasteiger partial charge in [-0.05, 0) is 31.2 Å². The van der Waals surface area contributed by atoms with Gasteiger partial charge in [0.15, 0.2) is 0 Å². The number of fused-ring (bicyclic) bond motifs is 1. The van der Waals surface area contributed by atoms with Crippen LogP contribution in [0.2, 0.25) is 0 Å². The molecule has 1 N–H and O–H groups in total. The van der Waals surface area contributed by atoms with Crippen LogP contribution in [0.3, 0.4) is 0 Å². The van der Waals surface area contributed by atoms with Crippen LogP contribution in [0.25, 0.3) is 4.85 Å². The largest absolute Gasteiger partial charge is 0.442 e. The van der Waals surface area contributed by atoms with Crippen molar-refractivity contribution in [3.63, 3.8) is 0 Å². The highest BCUT2D eigenvalue weighted by molar-refractivity contribution is 5.90. The van der Waals surface area contributed by atoms with Gasteiger partial charge in [0.25, 0.3) is 5.54 Å². The van der Waals surface area contributed by atoms with Gasteiger partial charge in [0, 0.05) is 31.3 Å². The number of carbonyl (C=O) groups excluding carboxylic acids is 2. The first-order valence-corrected chi connectivity index (χ1v) is 9.80. The summed E-state index contributed by atoms with van der Waals surface area (Å²) in [5.74, 6) is 0.952. The van der Waals surface area contributed by atoms with Gasteiger partial charge in [0.1, 0.15) is 11.9 Å². The molecule has 1 aromatic rings. The van der Waals surface area contributed by atoms with Gasteiger partial charge in [-0.2, -0.15) is 10.3 Å². The van der Waals surface area contributed by atoms with E-state index >= 15 is 0 Å². The van der Waals surface area contributed by atoms with E-state index in [1.54, 1.807) is 0 Å². The number of nitrogens with one attached hydrogen (secondary N) is 1. The molecule has 1 aliphatic carbocycles. The number of cyclic esters (lactones) is 1. The lowest BCUT2D eigenvalue weighted by Gasteiger charge is -2.22. The zero-order valence-electron chi connectivity index (χ0n) is 16.8. The number of likely N-dealkylation sites (tertiary alicyclic amines) is 1. The molecule has 2 saturated heterocycles. The summed E-state index contributed by atoms with van der Waals surface area (Å²) < 4.78 is 5.31. The number of anilines is 1. The Bertz CT molecular complexity index is 977. The van der Waals surface area contributed by atoms with Crippen LogP contribution in [0.1, 0.15) is 19.4 Å². The van der Waals surface area contributed by atoms with E-state index in [0.717, 1.165) is 18.7 Å². The first kappa shape index (κ1) is 19.7. The van der Waals surface area contributed by atoms with Gasteiger partial charge in [-0.1, -0.05) is 0 Å². The predicted molar refractivity (Wildman–Crippen MR) is 108 cm³/mol. The summed E-state index contributed by atoms with van der Waals surface area (Å²) >= 11 is 0. The lowest BCUT2D eigenvalue weighted by molar-refractivity contribution is -0.119. The van der Waals surface area contributed by atoms with Crippen molar-refractivity contribution < 1.29 is 14.3 Å². The molecule has 154 valence electrons. The minimum absolute atomic E-state index is 0.166. The molecule has 0 bridgehead atoms. The van der Waals surface area contributed by atoms with E-state index in [0.29, 0.717) is 18.1 Å². The normalized spacial score (nSPS) is 29.7. The third-order valence-corrected chi connectivity index (χ3v) is 6.29. The van der Waals surface area contributed by atoms with Crippen molar-refractivity contribution in [1.82, 2.24) is 10.2 Å². The average Bonchev–Trinajstić information content (AvgIpc) is 3.02. The Labute approximate surface area is 174 Å². The van der Waals surface area contributed by atoms with Crippen LogP contribution < -0.4 is 10.2 Å². The number of rotatable bonds is 4. The fourth-order valence-corrected chi connectivity index (χ4v) is 4.67. The molecule has 4 rings (SSSR count). The Balaban J connectivity index is 1.44. The molecular formula is C21H22N6O3. The quantitative estimate of drug-likeness (QED) is 0.355. The average molecular weight is 406 g/mol. The van der Waals surface area contributed by atoms with Gasteiger partial charge in [0.05, 0.1) is 24.9 Å². The lowest BCUT2D eigenvalue weighted by atomic mass is 9.99. The predicted octanol–water partition coefficient (Wildman–Crippen LogP) is 1.72. The number of hydrogen-bond donors (Lipinski definition) is 1. The smallest absolute Gasteiger partial charge is 0.414 e. The second-order valence-electron chi connectivity index (χ2n) is 7.91. The molecule has 0 spiro atoms. The van der Waals surface area contributed by atoms with E-state index in [1.807, 2.05) is 37.4 Å². The molecule has 1 saturated carbocycles. The highest BCUT2D eigenvalue weighted by Gasteiger charge is 2.76. The maximum atomic E-state index is 12.2. The number of ether oxygens (including phenoxy) is 1. The first-order chi connectivity index (χ1) is 14.4. The van der Waals surface area contributed by atoms with Crippen molar-refractivity contribution in [3.8, 4) is 6.19 Å². The Morgan fingerprint density at radius 3 is 2.57 bits per heavy atom. The summed E-state index contributed by atoms with van der Waals surface area (Å²) in [6.45, 7) is 13.1. The van der Waals surface area contributed by atoms with Crippen LogP contribution in [-0.2, 0) is 15.1 Å². The molecule has 0 radical (unpaired) electrons. The minimum atomic E-state index is -0.540. The second kappa shape index (κ2) is 7.34. The van der Waals surface area contributed by atoms with Gasteiger partial charge in [-0.3, -0.25) is 9.69 Å². The van der Waals surface area contributed by atoms with Crippen LogP contribution in [0.4, 0.5) is 10.5 Å². The molecule has 9 heteroatoms. The zero-order chi connectivity index (χ0) is 21.5. The SMILES string of the molecule is [C-]#[N+]C1(c2ccc(N3C[C@H](CNC(C)=O)OC3=O)cc2)[C@@H]2CN(C(C)=NC#N)C[C@@H]21. The molecule has 1 aromatic carbocycles. The molecule has 3 fully saturated rings. The standard InChI is InChI=1S/C21H22N6O3/c1-13(25-12-22)26-10-18-19(11-26)21(18,23-3)15-4-6-16(7-5-15)27-9-17(30-20(27)29)8-24-14(2)28/h4-7,17-19H,8-11H2,1-2H3,(H,24,28)/t17-,18-,19+,21?/m0/s1. The first-order valence-electron chi connectivity index (χ1n) is 9.80. The number of aliphatic imine (C=N–C) groups is 1. The van der Waals surface area contributed by atoms with Crippen molar-refractivity contribution in [3.05, 3.63) is 41.2 Å². The molecule has 2 amide bonds. The Kier molecular flexibility index (Phi) is 4.83. The summed E-state index contributed by atoms with van der Waals surface area (Å²) in [4.78, 5) is 34.6. The van der Waals surface area contributed by atoms with Crippen LogP contribution in [0, 0.1) is 29.9 Å². The number of nitriles is 1. The Hall–Kier alpha value is -3.59. The monoisotopic (exact) mass is 406 g/mol. The summed E-state index contributed by atoms with van der Waals surface area (Å²) in [5, 5.41) is 11.4. The van der Waals surface area contributed by atoms with Crippen molar-refractivity contribution >= 4 is 23.5 Å². The molecule has 30 heavy (non-hydrogen) atoms. The molecule has 9 nitrogen and oxygen atoms in total. The van der Waals surface area contributed by atoms with Gasteiger partial charge in [-0.15, -0.1) is 0 Å². The van der Waals surface area contributed by atoms with Crippen LogP contribution in [0.5, 0.6) is 0 Å². The van der Waals surface area contributed by atoms with E-state index in [-0.39, 0.29) is 30.4 Å². The third-order valence-electron chi connectivity index (χ3n) is 6.29. The summed E-state index contributed by atoms with van der Waals surface area (Å²) in [6.07, 6.45) is 0.989. The maximum Gasteiger partial charge on any atom is 0.414 e. The van der Waals surface area contributed by atoms with E-state index < -0.39 is 11.6 Å². The van der Waals surface area contributed by atoms with Crippen molar-refractivity contribution in [2.45, 2.75) is 25.5 Å². The fourth-order valence-electron chi connectivity index (χ4n) is 4.67. The molecule has 0 aromatic heterocycles. The molecule has 3 aliphatic rings. The van der Waals surface area contributed by atoms with Gasteiger partial charge >= 0.3 is 6.09 Å².